The molecule has 0 unspecified atom stereocenters. The Labute approximate surface area is 202 Å². The molecule has 2 aromatic heterocycles. The Morgan fingerprint density at radius 3 is 2.62 bits per heavy atom. The van der Waals surface area contributed by atoms with Gasteiger partial charge in [-0.15, -0.1) is 0 Å². The highest BCUT2D eigenvalue weighted by atomic mass is 32.1. The van der Waals surface area contributed by atoms with Gasteiger partial charge in [0.15, 0.2) is 5.13 Å². The van der Waals surface area contributed by atoms with Crippen LogP contribution in [0.3, 0.4) is 0 Å². The second-order valence-electron chi connectivity index (χ2n) is 8.20. The van der Waals surface area contributed by atoms with Gasteiger partial charge >= 0.3 is 0 Å². The van der Waals surface area contributed by atoms with Crippen LogP contribution in [0.2, 0.25) is 0 Å². The summed E-state index contributed by atoms with van der Waals surface area (Å²) in [5.74, 6) is 0.656. The summed E-state index contributed by atoms with van der Waals surface area (Å²) in [6.45, 7) is 7.55. The van der Waals surface area contributed by atoms with Crippen LogP contribution in [0.15, 0.2) is 66.7 Å². The molecule has 172 valence electrons. The van der Waals surface area contributed by atoms with Gasteiger partial charge in [0.2, 0.25) is 0 Å². The second kappa shape index (κ2) is 9.27. The van der Waals surface area contributed by atoms with Gasteiger partial charge in [0.05, 0.1) is 23.5 Å². The van der Waals surface area contributed by atoms with Crippen molar-refractivity contribution in [2.24, 2.45) is 0 Å². The summed E-state index contributed by atoms with van der Waals surface area (Å²) in [5, 5.41) is 7.37. The number of aryl methyl sites for hydroxylation is 2. The SMILES string of the molecule is CCOc1cccc2sc(N(CCn3nc(C)cc3C)C(=O)c3ccc4ccccc4c3)nc12. The molecule has 5 rings (SSSR count). The molecule has 0 saturated carbocycles. The van der Waals surface area contributed by atoms with Crippen molar-refractivity contribution >= 4 is 43.4 Å². The van der Waals surface area contributed by atoms with Crippen LogP contribution in [-0.4, -0.2) is 33.8 Å². The first kappa shape index (κ1) is 22.1. The first-order valence-corrected chi connectivity index (χ1v) is 12.2. The van der Waals surface area contributed by atoms with E-state index < -0.39 is 0 Å². The number of aromatic nitrogens is 3. The van der Waals surface area contributed by atoms with Crippen LogP contribution in [0.4, 0.5) is 5.13 Å². The van der Waals surface area contributed by atoms with E-state index in [0.717, 1.165) is 38.1 Å². The molecular weight excluding hydrogens is 444 g/mol. The molecule has 1 amide bonds. The van der Waals surface area contributed by atoms with Crippen molar-refractivity contribution in [1.29, 1.82) is 0 Å². The minimum absolute atomic E-state index is 0.0794. The number of hydrogen-bond acceptors (Lipinski definition) is 5. The van der Waals surface area contributed by atoms with Crippen LogP contribution in [-0.2, 0) is 6.54 Å². The van der Waals surface area contributed by atoms with E-state index in [1.807, 2.05) is 92.2 Å². The molecule has 0 N–H and O–H groups in total. The highest BCUT2D eigenvalue weighted by Crippen LogP contribution is 2.35. The quantitative estimate of drug-likeness (QED) is 0.292. The van der Waals surface area contributed by atoms with Crippen molar-refractivity contribution < 1.29 is 9.53 Å². The Morgan fingerprint density at radius 2 is 1.85 bits per heavy atom. The summed E-state index contributed by atoms with van der Waals surface area (Å²) in [6.07, 6.45) is 0. The Kier molecular flexibility index (Phi) is 6.02. The molecular formula is C27H26N4O2S. The Morgan fingerprint density at radius 1 is 1.03 bits per heavy atom. The van der Waals surface area contributed by atoms with Crippen LogP contribution in [0.5, 0.6) is 5.75 Å². The van der Waals surface area contributed by atoms with Crippen molar-refractivity contribution in [3.8, 4) is 5.75 Å². The lowest BCUT2D eigenvalue weighted by molar-refractivity contribution is 0.0986. The highest BCUT2D eigenvalue weighted by molar-refractivity contribution is 7.22. The molecule has 5 aromatic rings. The number of rotatable bonds is 7. The van der Waals surface area contributed by atoms with Crippen LogP contribution >= 0.6 is 11.3 Å². The van der Waals surface area contributed by atoms with Gasteiger partial charge in [0.25, 0.3) is 5.91 Å². The highest BCUT2D eigenvalue weighted by Gasteiger charge is 2.23. The topological polar surface area (TPSA) is 60.2 Å². The fourth-order valence-electron chi connectivity index (χ4n) is 4.16. The predicted molar refractivity (Wildman–Crippen MR) is 138 cm³/mol. The van der Waals surface area contributed by atoms with Gasteiger partial charge in [-0.3, -0.25) is 14.4 Å². The summed E-state index contributed by atoms with van der Waals surface area (Å²) in [4.78, 5) is 20.4. The van der Waals surface area contributed by atoms with Crippen molar-refractivity contribution in [1.82, 2.24) is 14.8 Å². The molecule has 0 aliphatic heterocycles. The van der Waals surface area contributed by atoms with E-state index in [9.17, 15) is 4.79 Å². The fraction of sp³-hybridized carbons (Fsp3) is 0.222. The molecule has 34 heavy (non-hydrogen) atoms. The number of hydrogen-bond donors (Lipinski definition) is 0. The van der Waals surface area contributed by atoms with E-state index >= 15 is 0 Å². The third-order valence-corrected chi connectivity index (χ3v) is 6.83. The second-order valence-corrected chi connectivity index (χ2v) is 9.21. The molecule has 0 radical (unpaired) electrons. The molecule has 0 saturated heterocycles. The molecule has 7 heteroatoms. The van der Waals surface area contributed by atoms with Crippen LogP contribution < -0.4 is 9.64 Å². The van der Waals surface area contributed by atoms with Gasteiger partial charge in [0, 0.05) is 17.8 Å². The van der Waals surface area contributed by atoms with Crippen LogP contribution in [0.1, 0.15) is 28.7 Å². The molecule has 0 spiro atoms. The number of carbonyl (C=O) groups excluding carboxylic acids is 1. The molecule has 0 aliphatic rings. The monoisotopic (exact) mass is 470 g/mol. The summed E-state index contributed by atoms with van der Waals surface area (Å²) in [7, 11) is 0. The van der Waals surface area contributed by atoms with Crippen molar-refractivity contribution in [2.75, 3.05) is 18.1 Å². The van der Waals surface area contributed by atoms with E-state index in [0.29, 0.717) is 30.4 Å². The summed E-state index contributed by atoms with van der Waals surface area (Å²) < 4.78 is 8.71. The van der Waals surface area contributed by atoms with Gasteiger partial charge in [-0.05, 0) is 61.9 Å². The normalized spacial score (nSPS) is 11.3. The molecule has 0 aliphatic carbocycles. The number of fused-ring (bicyclic) bond motifs is 2. The minimum Gasteiger partial charge on any atom is -0.492 e. The number of amides is 1. The largest absolute Gasteiger partial charge is 0.492 e. The molecule has 0 fully saturated rings. The van der Waals surface area contributed by atoms with E-state index in [-0.39, 0.29) is 5.91 Å². The molecule has 0 bridgehead atoms. The number of carbonyl (C=O) groups is 1. The lowest BCUT2D eigenvalue weighted by Gasteiger charge is -2.20. The average Bonchev–Trinajstić information content (AvgIpc) is 3.41. The van der Waals surface area contributed by atoms with E-state index in [1.54, 1.807) is 4.90 Å². The summed E-state index contributed by atoms with van der Waals surface area (Å²) >= 11 is 1.50. The fourth-order valence-corrected chi connectivity index (χ4v) is 5.16. The van der Waals surface area contributed by atoms with Crippen molar-refractivity contribution in [3.63, 3.8) is 0 Å². The number of ether oxygens (including phenoxy) is 1. The predicted octanol–water partition coefficient (Wildman–Crippen LogP) is 6.01. The van der Waals surface area contributed by atoms with Crippen LogP contribution in [0, 0.1) is 13.8 Å². The first-order chi connectivity index (χ1) is 16.5. The van der Waals surface area contributed by atoms with E-state index in [2.05, 4.69) is 5.10 Å². The van der Waals surface area contributed by atoms with Crippen LogP contribution in [0.25, 0.3) is 21.0 Å². The standard InChI is InChI=1S/C27H26N4O2S/c1-4-33-23-10-7-11-24-25(23)28-27(34-24)30(14-15-31-19(3)16-18(2)29-31)26(32)22-13-12-20-8-5-6-9-21(20)17-22/h5-13,16-17H,4,14-15H2,1-3H3. The Bertz CT molecular complexity index is 1490. The summed E-state index contributed by atoms with van der Waals surface area (Å²) in [5.41, 5.74) is 3.45. The Balaban J connectivity index is 1.54. The van der Waals surface area contributed by atoms with Crippen molar-refractivity contribution in [2.45, 2.75) is 27.3 Å². The van der Waals surface area contributed by atoms with Crippen molar-refractivity contribution in [3.05, 3.63) is 83.7 Å². The number of para-hydroxylation sites is 1. The third-order valence-electron chi connectivity index (χ3n) is 5.78. The maximum atomic E-state index is 13.8. The van der Waals surface area contributed by atoms with E-state index in [1.165, 1.54) is 11.3 Å². The summed E-state index contributed by atoms with van der Waals surface area (Å²) in [6, 6.07) is 21.8. The van der Waals surface area contributed by atoms with Gasteiger partial charge in [0.1, 0.15) is 11.3 Å². The number of nitrogens with zero attached hydrogens (tertiary/aromatic N) is 4. The zero-order valence-electron chi connectivity index (χ0n) is 19.5. The molecule has 2 heterocycles. The maximum Gasteiger partial charge on any atom is 0.260 e. The lowest BCUT2D eigenvalue weighted by atomic mass is 10.1. The number of benzene rings is 3. The first-order valence-electron chi connectivity index (χ1n) is 11.4. The van der Waals surface area contributed by atoms with E-state index in [4.69, 9.17) is 9.72 Å². The Hall–Kier alpha value is -3.71. The molecule has 6 nitrogen and oxygen atoms in total. The third kappa shape index (κ3) is 4.26. The molecule has 0 atom stereocenters. The van der Waals surface area contributed by atoms with Gasteiger partial charge in [-0.1, -0.05) is 47.7 Å². The minimum atomic E-state index is -0.0794. The number of thiazole rings is 1. The zero-order valence-corrected chi connectivity index (χ0v) is 20.3. The lowest BCUT2D eigenvalue weighted by Crippen LogP contribution is -2.34. The zero-order chi connectivity index (χ0) is 23.7. The maximum absolute atomic E-state index is 13.8. The smallest absolute Gasteiger partial charge is 0.260 e. The van der Waals surface area contributed by atoms with Gasteiger partial charge in [-0.2, -0.15) is 5.10 Å². The average molecular weight is 471 g/mol. The van der Waals surface area contributed by atoms with Gasteiger partial charge in [-0.25, -0.2) is 4.98 Å². The number of anilines is 1. The van der Waals surface area contributed by atoms with Gasteiger partial charge < -0.3 is 4.74 Å². The molecule has 3 aromatic carbocycles.